The van der Waals surface area contributed by atoms with Gasteiger partial charge in [-0.25, -0.2) is 0 Å². The molecule has 0 atom stereocenters. The number of hydrogen-bond donors (Lipinski definition) is 0. The summed E-state index contributed by atoms with van der Waals surface area (Å²) < 4.78 is 2.62. The fourth-order valence-electron chi connectivity index (χ4n) is 6.00. The van der Waals surface area contributed by atoms with Gasteiger partial charge in [-0.3, -0.25) is 0 Å². The van der Waals surface area contributed by atoms with E-state index in [1.54, 1.807) is 0 Å². The highest BCUT2D eigenvalue weighted by Crippen LogP contribution is 2.54. The molecule has 5 heteroatoms. The van der Waals surface area contributed by atoms with Gasteiger partial charge in [0, 0.05) is 51.1 Å². The maximum Gasteiger partial charge on any atom is 0.0601 e. The quantitative estimate of drug-likeness (QED) is 0.201. The van der Waals surface area contributed by atoms with E-state index in [0.29, 0.717) is 0 Å². The average Bonchev–Trinajstić information content (AvgIpc) is 3.39. The summed E-state index contributed by atoms with van der Waals surface area (Å²) in [6, 6.07) is 48.8. The number of benzene rings is 6. The predicted octanol–water partition coefficient (Wildman–Crippen LogP) is 11.9. The van der Waals surface area contributed by atoms with Crippen LogP contribution in [0.4, 0.5) is 34.1 Å². The third-order valence-electron chi connectivity index (χ3n) is 7.82. The van der Waals surface area contributed by atoms with Crippen molar-refractivity contribution < 1.29 is 0 Å². The number of rotatable bonds is 2. The normalized spacial score (nSPS) is 13.6. The molecule has 9 rings (SSSR count). The van der Waals surface area contributed by atoms with Gasteiger partial charge in [-0.1, -0.05) is 72.1 Å². The largest absolute Gasteiger partial charge is 0.308 e. The van der Waals surface area contributed by atoms with Crippen LogP contribution in [-0.4, -0.2) is 0 Å². The van der Waals surface area contributed by atoms with Gasteiger partial charge in [0.15, 0.2) is 0 Å². The third kappa shape index (κ3) is 3.66. The maximum absolute atomic E-state index is 2.42. The van der Waals surface area contributed by atoms with Crippen molar-refractivity contribution in [2.45, 2.75) is 19.6 Å². The summed E-state index contributed by atoms with van der Waals surface area (Å²) in [5.41, 5.74) is 7.30. The van der Waals surface area contributed by atoms with E-state index in [1.807, 2.05) is 34.9 Å². The molecule has 2 nitrogen and oxygen atoms in total. The van der Waals surface area contributed by atoms with Crippen molar-refractivity contribution >= 4 is 89.2 Å². The van der Waals surface area contributed by atoms with Crippen molar-refractivity contribution in [3.8, 4) is 0 Å². The zero-order valence-corrected chi connectivity index (χ0v) is 24.3. The van der Waals surface area contributed by atoms with E-state index >= 15 is 0 Å². The fourth-order valence-corrected chi connectivity index (χ4v) is 9.18. The smallest absolute Gasteiger partial charge is 0.0601 e. The minimum Gasteiger partial charge on any atom is -0.308 e. The van der Waals surface area contributed by atoms with Crippen LogP contribution in [0.5, 0.6) is 0 Å². The second kappa shape index (κ2) is 9.18. The Hall–Kier alpha value is -4.16. The lowest BCUT2D eigenvalue weighted by molar-refractivity contribution is 1.17. The van der Waals surface area contributed by atoms with E-state index in [9.17, 15) is 0 Å². The van der Waals surface area contributed by atoms with Crippen LogP contribution in [0.25, 0.3) is 20.2 Å². The van der Waals surface area contributed by atoms with E-state index in [-0.39, 0.29) is 0 Å². The fraction of sp³-hybridized carbons (Fsp3) is 0. The summed E-state index contributed by atoms with van der Waals surface area (Å²) in [6.07, 6.45) is 0. The number of thiophene rings is 1. The molecule has 0 saturated carbocycles. The van der Waals surface area contributed by atoms with Gasteiger partial charge in [-0.15, -0.1) is 11.3 Å². The summed E-state index contributed by atoms with van der Waals surface area (Å²) in [6.45, 7) is 0. The number of fused-ring (bicyclic) bond motifs is 7. The van der Waals surface area contributed by atoms with Crippen LogP contribution in [0.1, 0.15) is 0 Å². The summed E-state index contributed by atoms with van der Waals surface area (Å²) in [5, 5.41) is 2.59. The molecule has 0 bridgehead atoms. The molecule has 0 radical (unpaired) electrons. The molecule has 6 aromatic carbocycles. The van der Waals surface area contributed by atoms with Crippen molar-refractivity contribution in [3.63, 3.8) is 0 Å². The Morgan fingerprint density at radius 3 is 1.07 bits per heavy atom. The summed E-state index contributed by atoms with van der Waals surface area (Å²) >= 11 is 5.57. The highest BCUT2D eigenvalue weighted by molar-refractivity contribution is 8.00. The van der Waals surface area contributed by atoms with Gasteiger partial charge in [0.25, 0.3) is 0 Å². The van der Waals surface area contributed by atoms with Crippen molar-refractivity contribution in [1.82, 2.24) is 0 Å². The molecule has 3 heterocycles. The van der Waals surface area contributed by atoms with Gasteiger partial charge < -0.3 is 9.80 Å². The van der Waals surface area contributed by atoms with Gasteiger partial charge in [0.2, 0.25) is 0 Å². The molecular weight excluding hydrogens is 557 g/mol. The highest BCUT2D eigenvalue weighted by Gasteiger charge is 2.26. The second-order valence-corrected chi connectivity index (χ2v) is 13.5. The minimum atomic E-state index is 1.19. The van der Waals surface area contributed by atoms with Crippen molar-refractivity contribution in [2.75, 3.05) is 9.80 Å². The molecule has 0 amide bonds. The lowest BCUT2D eigenvalue weighted by Crippen LogP contribution is -2.14. The number of nitrogens with zero attached hydrogens (tertiary/aromatic N) is 2. The third-order valence-corrected chi connectivity index (χ3v) is 11.2. The minimum absolute atomic E-state index is 1.19. The first kappa shape index (κ1) is 23.5. The van der Waals surface area contributed by atoms with Crippen LogP contribution >= 0.6 is 34.9 Å². The molecule has 0 fully saturated rings. The topological polar surface area (TPSA) is 6.48 Å². The molecule has 1 aromatic heterocycles. The van der Waals surface area contributed by atoms with Gasteiger partial charge in [-0.05, 0) is 84.9 Å². The Bertz CT molecular complexity index is 1910. The van der Waals surface area contributed by atoms with Crippen LogP contribution in [0.2, 0.25) is 0 Å². The molecule has 0 spiro atoms. The first-order valence-electron chi connectivity index (χ1n) is 13.6. The van der Waals surface area contributed by atoms with Crippen molar-refractivity contribution in [3.05, 3.63) is 133 Å². The first-order chi connectivity index (χ1) is 20.3. The van der Waals surface area contributed by atoms with Crippen LogP contribution in [0.15, 0.2) is 153 Å². The molecule has 2 aliphatic heterocycles. The van der Waals surface area contributed by atoms with E-state index in [2.05, 4.69) is 143 Å². The molecule has 0 N–H and O–H groups in total. The Kier molecular flexibility index (Phi) is 5.27. The van der Waals surface area contributed by atoms with Crippen LogP contribution in [0, 0.1) is 0 Å². The van der Waals surface area contributed by atoms with E-state index < -0.39 is 0 Å². The average molecular weight is 579 g/mol. The van der Waals surface area contributed by atoms with Gasteiger partial charge >= 0.3 is 0 Å². The molecule has 194 valence electrons. The van der Waals surface area contributed by atoms with Crippen molar-refractivity contribution in [2.24, 2.45) is 0 Å². The molecule has 0 aliphatic carbocycles. The lowest BCUT2D eigenvalue weighted by Gasteiger charge is -2.33. The SMILES string of the molecule is c1ccc2c(c1)Sc1ccccc1N2c1ccc2sc3ccc(N4c5ccccc5Sc5ccccc54)cc3c2c1. The lowest BCUT2D eigenvalue weighted by atomic mass is 10.1. The number of para-hydroxylation sites is 4. The number of hydrogen-bond acceptors (Lipinski definition) is 5. The van der Waals surface area contributed by atoms with Crippen LogP contribution in [-0.2, 0) is 0 Å². The highest BCUT2D eigenvalue weighted by atomic mass is 32.2. The van der Waals surface area contributed by atoms with Gasteiger partial charge in [0.1, 0.15) is 0 Å². The van der Waals surface area contributed by atoms with Crippen molar-refractivity contribution in [1.29, 1.82) is 0 Å². The Balaban J connectivity index is 1.24. The van der Waals surface area contributed by atoms with E-state index in [1.165, 1.54) is 73.9 Å². The standard InChI is InChI=1S/C36H22N2S3/c1-5-13-33-27(9-1)37(28-10-2-6-14-34(28)40-33)23-17-19-31-25(21-23)26-22-24(18-20-32(26)39-31)38-29-11-3-7-15-35(29)41-36-16-8-4-12-30(36)38/h1-22H. The summed E-state index contributed by atoms with van der Waals surface area (Å²) in [5.74, 6) is 0. The second-order valence-electron chi connectivity index (χ2n) is 10.2. The predicted molar refractivity (Wildman–Crippen MR) is 177 cm³/mol. The summed E-state index contributed by atoms with van der Waals surface area (Å²) in [7, 11) is 0. The Morgan fingerprint density at radius 1 is 0.366 bits per heavy atom. The van der Waals surface area contributed by atoms with E-state index in [0.717, 1.165) is 0 Å². The Labute approximate surface area is 250 Å². The summed E-state index contributed by atoms with van der Waals surface area (Å²) in [4.78, 5) is 9.96. The van der Waals surface area contributed by atoms with Crippen LogP contribution < -0.4 is 9.80 Å². The monoisotopic (exact) mass is 578 g/mol. The van der Waals surface area contributed by atoms with Crippen LogP contribution in [0.3, 0.4) is 0 Å². The molecule has 41 heavy (non-hydrogen) atoms. The zero-order chi connectivity index (χ0) is 26.9. The maximum atomic E-state index is 2.42. The zero-order valence-electron chi connectivity index (χ0n) is 21.8. The first-order valence-corrected chi connectivity index (χ1v) is 16.1. The Morgan fingerprint density at radius 2 is 0.707 bits per heavy atom. The van der Waals surface area contributed by atoms with E-state index in [4.69, 9.17) is 0 Å². The van der Waals surface area contributed by atoms with Gasteiger partial charge in [0.05, 0.1) is 22.7 Å². The molecule has 0 unspecified atom stereocenters. The van der Waals surface area contributed by atoms with Gasteiger partial charge in [-0.2, -0.15) is 0 Å². The molecule has 2 aliphatic rings. The molecule has 7 aromatic rings. The number of anilines is 6. The molecule has 0 saturated heterocycles. The molecular formula is C36H22N2S3.